The number of nitrogens with zero attached hydrogens (tertiary/aromatic N) is 3. The van der Waals surface area contributed by atoms with Crippen molar-refractivity contribution in [3.05, 3.63) is 11.9 Å². The van der Waals surface area contributed by atoms with Gasteiger partial charge in [0.2, 0.25) is 0 Å². The summed E-state index contributed by atoms with van der Waals surface area (Å²) in [7, 11) is 0. The van der Waals surface area contributed by atoms with Crippen LogP contribution in [0.5, 0.6) is 0 Å². The predicted molar refractivity (Wildman–Crippen MR) is 76.9 cm³/mol. The molecule has 0 unspecified atom stereocenters. The van der Waals surface area contributed by atoms with Gasteiger partial charge >= 0.3 is 0 Å². The fraction of sp³-hybridized carbons (Fsp3) is 0.714. The summed E-state index contributed by atoms with van der Waals surface area (Å²) < 4.78 is 0. The Labute approximate surface area is 114 Å². The van der Waals surface area contributed by atoms with E-state index in [1.54, 1.807) is 0 Å². The quantitative estimate of drug-likeness (QED) is 0.580. The molecule has 2 aliphatic carbocycles. The van der Waals surface area contributed by atoms with Crippen LogP contribution in [0.1, 0.15) is 38.4 Å². The normalized spacial score (nSPS) is 18.4. The molecule has 0 radical (unpaired) electrons. The van der Waals surface area contributed by atoms with Gasteiger partial charge in [-0.2, -0.15) is 0 Å². The van der Waals surface area contributed by atoms with Crippen molar-refractivity contribution in [3.8, 4) is 0 Å². The van der Waals surface area contributed by atoms with Crippen LogP contribution >= 0.6 is 0 Å². The van der Waals surface area contributed by atoms with Crippen LogP contribution in [0.4, 0.5) is 11.6 Å². The number of hydrogen-bond acceptors (Lipinski definition) is 5. The van der Waals surface area contributed by atoms with E-state index in [1.165, 1.54) is 25.7 Å². The Morgan fingerprint density at radius 2 is 1.84 bits per heavy atom. The van der Waals surface area contributed by atoms with E-state index < -0.39 is 0 Å². The van der Waals surface area contributed by atoms with Crippen LogP contribution in [0.25, 0.3) is 0 Å². The van der Waals surface area contributed by atoms with Gasteiger partial charge in [-0.25, -0.2) is 15.8 Å². The highest BCUT2D eigenvalue weighted by Gasteiger charge is 2.30. The Hall–Kier alpha value is -1.36. The fourth-order valence-corrected chi connectivity index (χ4v) is 2.36. The van der Waals surface area contributed by atoms with Crippen molar-refractivity contribution in [2.24, 2.45) is 17.7 Å². The number of rotatable bonds is 7. The first-order valence-corrected chi connectivity index (χ1v) is 7.38. The molecule has 5 heteroatoms. The minimum atomic E-state index is 0.721. The van der Waals surface area contributed by atoms with Gasteiger partial charge in [-0.3, -0.25) is 0 Å². The summed E-state index contributed by atoms with van der Waals surface area (Å²) in [6, 6.07) is 1.98. The molecule has 2 aliphatic rings. The van der Waals surface area contributed by atoms with Crippen molar-refractivity contribution in [1.82, 2.24) is 9.97 Å². The van der Waals surface area contributed by atoms with E-state index in [1.807, 2.05) is 6.07 Å². The molecule has 3 N–H and O–H groups in total. The van der Waals surface area contributed by atoms with Crippen LogP contribution in [-0.2, 0) is 6.42 Å². The van der Waals surface area contributed by atoms with Gasteiger partial charge in [0, 0.05) is 25.6 Å². The maximum Gasteiger partial charge on any atom is 0.145 e. The minimum Gasteiger partial charge on any atom is -0.356 e. The second-order valence-corrected chi connectivity index (χ2v) is 5.82. The second-order valence-electron chi connectivity index (χ2n) is 5.82. The average Bonchev–Trinajstić information content (AvgIpc) is 3.32. The third kappa shape index (κ3) is 3.35. The predicted octanol–water partition coefficient (Wildman–Crippen LogP) is 1.95. The molecule has 0 aromatic carbocycles. The lowest BCUT2D eigenvalue weighted by atomic mass is 10.3. The Balaban J connectivity index is 1.81. The fourth-order valence-electron chi connectivity index (χ4n) is 2.36. The van der Waals surface area contributed by atoms with Crippen LogP contribution in [0.2, 0.25) is 0 Å². The summed E-state index contributed by atoms with van der Waals surface area (Å²) >= 11 is 0. The largest absolute Gasteiger partial charge is 0.356 e. The number of hydrazine groups is 1. The zero-order valence-electron chi connectivity index (χ0n) is 11.6. The maximum atomic E-state index is 5.51. The van der Waals surface area contributed by atoms with E-state index in [0.717, 1.165) is 48.8 Å². The molecular formula is C14H23N5. The summed E-state index contributed by atoms with van der Waals surface area (Å²) in [6.07, 6.45) is 6.32. The standard InChI is InChI=1S/C14H23N5/c1-2-12-16-13(18-15)7-14(17-12)19(8-10-3-4-10)9-11-5-6-11/h7,10-11H,2-6,8-9,15H2,1H3,(H,16,17,18). The van der Waals surface area contributed by atoms with Crippen molar-refractivity contribution >= 4 is 11.6 Å². The molecule has 2 fully saturated rings. The lowest BCUT2D eigenvalue weighted by Crippen LogP contribution is -2.29. The molecule has 1 aromatic heterocycles. The molecule has 1 heterocycles. The topological polar surface area (TPSA) is 67.1 Å². The molecule has 1 aromatic rings. The van der Waals surface area contributed by atoms with E-state index in [0.29, 0.717) is 0 Å². The van der Waals surface area contributed by atoms with Crippen LogP contribution in [0.15, 0.2) is 6.07 Å². The SMILES string of the molecule is CCc1nc(NN)cc(N(CC2CC2)CC2CC2)n1. The third-order valence-corrected chi connectivity index (χ3v) is 3.90. The van der Waals surface area contributed by atoms with Gasteiger partial charge in [-0.05, 0) is 37.5 Å². The van der Waals surface area contributed by atoms with Crippen molar-refractivity contribution < 1.29 is 0 Å². The lowest BCUT2D eigenvalue weighted by molar-refractivity contribution is 0.668. The van der Waals surface area contributed by atoms with Gasteiger partial charge in [0.1, 0.15) is 17.5 Å². The smallest absolute Gasteiger partial charge is 0.145 e. The summed E-state index contributed by atoms with van der Waals surface area (Å²) in [6.45, 7) is 4.35. The van der Waals surface area contributed by atoms with Gasteiger partial charge < -0.3 is 10.3 Å². The molecule has 0 spiro atoms. The molecule has 0 saturated heterocycles. The molecule has 0 amide bonds. The monoisotopic (exact) mass is 261 g/mol. The summed E-state index contributed by atoms with van der Waals surface area (Å²) in [5.41, 5.74) is 2.66. The lowest BCUT2D eigenvalue weighted by Gasteiger charge is -2.24. The Morgan fingerprint density at radius 1 is 1.21 bits per heavy atom. The molecule has 5 nitrogen and oxygen atoms in total. The van der Waals surface area contributed by atoms with Crippen molar-refractivity contribution in [1.29, 1.82) is 0 Å². The number of aryl methyl sites for hydroxylation is 1. The Morgan fingerprint density at radius 3 is 2.32 bits per heavy atom. The maximum absolute atomic E-state index is 5.51. The summed E-state index contributed by atoms with van der Waals surface area (Å²) in [4.78, 5) is 11.5. The minimum absolute atomic E-state index is 0.721. The Kier molecular flexibility index (Phi) is 3.55. The third-order valence-electron chi connectivity index (χ3n) is 3.90. The van der Waals surface area contributed by atoms with Crippen LogP contribution < -0.4 is 16.2 Å². The highest BCUT2D eigenvalue weighted by atomic mass is 15.3. The number of nitrogens with one attached hydrogen (secondary N) is 1. The van der Waals surface area contributed by atoms with Gasteiger partial charge in [-0.1, -0.05) is 6.92 Å². The van der Waals surface area contributed by atoms with Gasteiger partial charge in [0.15, 0.2) is 0 Å². The van der Waals surface area contributed by atoms with Crippen molar-refractivity contribution in [3.63, 3.8) is 0 Å². The average molecular weight is 261 g/mol. The molecule has 3 rings (SSSR count). The van der Waals surface area contributed by atoms with Gasteiger partial charge in [-0.15, -0.1) is 0 Å². The Bertz CT molecular complexity index is 403. The van der Waals surface area contributed by atoms with Crippen LogP contribution in [0, 0.1) is 11.8 Å². The number of anilines is 2. The molecule has 19 heavy (non-hydrogen) atoms. The zero-order valence-corrected chi connectivity index (χ0v) is 11.6. The van der Waals surface area contributed by atoms with Crippen LogP contribution in [-0.4, -0.2) is 23.1 Å². The number of nitrogen functional groups attached to an aromatic ring is 1. The highest BCUT2D eigenvalue weighted by Crippen LogP contribution is 2.35. The molecule has 0 atom stereocenters. The number of nitrogens with two attached hydrogens (primary N) is 1. The number of hydrogen-bond donors (Lipinski definition) is 2. The zero-order chi connectivity index (χ0) is 13.2. The van der Waals surface area contributed by atoms with Crippen LogP contribution in [0.3, 0.4) is 0 Å². The highest BCUT2D eigenvalue weighted by molar-refractivity contribution is 5.49. The van der Waals surface area contributed by atoms with Gasteiger partial charge in [0.05, 0.1) is 0 Å². The van der Waals surface area contributed by atoms with Gasteiger partial charge in [0.25, 0.3) is 0 Å². The van der Waals surface area contributed by atoms with Crippen molar-refractivity contribution in [2.45, 2.75) is 39.0 Å². The number of aromatic nitrogens is 2. The van der Waals surface area contributed by atoms with E-state index >= 15 is 0 Å². The first-order valence-electron chi connectivity index (χ1n) is 7.38. The van der Waals surface area contributed by atoms with E-state index in [2.05, 4.69) is 27.2 Å². The first kappa shape index (κ1) is 12.7. The van der Waals surface area contributed by atoms with E-state index in [9.17, 15) is 0 Å². The molecule has 0 aliphatic heterocycles. The van der Waals surface area contributed by atoms with E-state index in [4.69, 9.17) is 5.84 Å². The van der Waals surface area contributed by atoms with E-state index in [-0.39, 0.29) is 0 Å². The molecule has 2 saturated carbocycles. The molecular weight excluding hydrogens is 238 g/mol. The first-order chi connectivity index (χ1) is 9.28. The summed E-state index contributed by atoms with van der Waals surface area (Å²) in [5.74, 6) is 9.87. The molecule has 0 bridgehead atoms. The second kappa shape index (κ2) is 5.33. The summed E-state index contributed by atoms with van der Waals surface area (Å²) in [5, 5.41) is 0. The van der Waals surface area contributed by atoms with Crippen molar-refractivity contribution in [2.75, 3.05) is 23.4 Å². The molecule has 104 valence electrons.